The van der Waals surface area contributed by atoms with Gasteiger partial charge in [-0.3, -0.25) is 9.59 Å². The Kier molecular flexibility index (Phi) is 18.6. The van der Waals surface area contributed by atoms with E-state index in [0.717, 1.165) is 75.6 Å². The second kappa shape index (κ2) is 23.8. The van der Waals surface area contributed by atoms with Gasteiger partial charge in [0.2, 0.25) is 0 Å². The lowest BCUT2D eigenvalue weighted by Crippen LogP contribution is -2.50. The number of hydrogen-bond donors (Lipinski definition) is 2. The molecule has 14 nitrogen and oxygen atoms in total. The van der Waals surface area contributed by atoms with Crippen LogP contribution in [0.25, 0.3) is 0 Å². The summed E-state index contributed by atoms with van der Waals surface area (Å²) < 4.78 is 61.3. The minimum Gasteiger partial charge on any atom is -0.466 e. The number of esters is 2. The molecule has 14 heteroatoms. The van der Waals surface area contributed by atoms with E-state index in [4.69, 9.17) is 47.4 Å². The van der Waals surface area contributed by atoms with Crippen molar-refractivity contribution in [3.63, 3.8) is 0 Å². The zero-order valence-corrected chi connectivity index (χ0v) is 37.8. The van der Waals surface area contributed by atoms with Crippen molar-refractivity contribution in [3.8, 4) is 0 Å². The third-order valence-electron chi connectivity index (χ3n) is 11.7. The minimum atomic E-state index is -0.791. The van der Waals surface area contributed by atoms with Gasteiger partial charge in [-0.05, 0) is 78.6 Å². The quantitative estimate of drug-likeness (QED) is 0.0712. The molecule has 62 heavy (non-hydrogen) atoms. The average molecular weight is 869 g/mol. The number of carbonyl (C=O) groups is 2. The van der Waals surface area contributed by atoms with Crippen LogP contribution in [0.5, 0.6) is 0 Å². The Balaban J connectivity index is 0.915. The topological polar surface area (TPSA) is 150 Å². The Labute approximate surface area is 368 Å². The maximum absolute atomic E-state index is 12.8. The minimum absolute atomic E-state index is 0.156. The SMILES string of the molecule is CCOC(=O)CC(NCCCCCCCCCCNC(CC(=O)OCC)[C@@H]1O[C@H]2OC(C)(C)O[C@H]2[C@@H]1OCc1ccccc1)[C@H]1O[C@@H]2OC(C)(C)O[C@@H]2[C@H]1OCc1ccccc1. The van der Waals surface area contributed by atoms with Crippen molar-refractivity contribution in [2.45, 2.75) is 192 Å². The van der Waals surface area contributed by atoms with Gasteiger partial charge in [-0.25, -0.2) is 0 Å². The maximum atomic E-state index is 12.8. The molecule has 4 fully saturated rings. The smallest absolute Gasteiger partial charge is 0.307 e. The molecule has 0 bridgehead atoms. The van der Waals surface area contributed by atoms with Gasteiger partial charge in [-0.2, -0.15) is 0 Å². The first kappa shape index (κ1) is 48.4. The monoisotopic (exact) mass is 869 g/mol. The van der Waals surface area contributed by atoms with Crippen molar-refractivity contribution in [1.29, 1.82) is 0 Å². The molecular weight excluding hydrogens is 797 g/mol. The molecule has 2 aromatic carbocycles. The highest BCUT2D eigenvalue weighted by Gasteiger charge is 2.58. The van der Waals surface area contributed by atoms with E-state index in [0.29, 0.717) is 26.4 Å². The molecule has 2 aromatic rings. The first-order valence-corrected chi connectivity index (χ1v) is 23.1. The van der Waals surface area contributed by atoms with Gasteiger partial charge in [0.15, 0.2) is 24.2 Å². The fourth-order valence-electron chi connectivity index (χ4n) is 8.86. The number of hydrogen-bond acceptors (Lipinski definition) is 14. The molecular formula is C48H72N2O12. The van der Waals surface area contributed by atoms with Gasteiger partial charge in [-0.15, -0.1) is 0 Å². The van der Waals surface area contributed by atoms with Gasteiger partial charge in [0.25, 0.3) is 0 Å². The molecule has 0 spiro atoms. The molecule has 0 saturated carbocycles. The summed E-state index contributed by atoms with van der Waals surface area (Å²) in [6.45, 7) is 14.0. The summed E-state index contributed by atoms with van der Waals surface area (Å²) in [5.41, 5.74) is 2.09. The van der Waals surface area contributed by atoms with Crippen molar-refractivity contribution in [2.75, 3.05) is 26.3 Å². The summed E-state index contributed by atoms with van der Waals surface area (Å²) in [6.07, 6.45) is 5.16. The van der Waals surface area contributed by atoms with Crippen LogP contribution in [-0.2, 0) is 70.2 Å². The van der Waals surface area contributed by atoms with E-state index >= 15 is 0 Å². The van der Waals surface area contributed by atoms with Crippen LogP contribution in [0.3, 0.4) is 0 Å². The lowest BCUT2D eigenvalue weighted by Gasteiger charge is -2.31. The molecule has 0 radical (unpaired) electrons. The van der Waals surface area contributed by atoms with Crippen LogP contribution < -0.4 is 10.6 Å². The predicted octanol–water partition coefficient (Wildman–Crippen LogP) is 6.85. The average Bonchev–Trinajstić information content (AvgIpc) is 3.93. The zero-order chi connectivity index (χ0) is 44.0. The third kappa shape index (κ3) is 14.2. The highest BCUT2D eigenvalue weighted by molar-refractivity contribution is 5.70. The number of carbonyl (C=O) groups excluding carboxylic acids is 2. The van der Waals surface area contributed by atoms with Crippen LogP contribution in [0, 0.1) is 0 Å². The lowest BCUT2D eigenvalue weighted by molar-refractivity contribution is -0.223. The first-order valence-electron chi connectivity index (χ1n) is 23.1. The molecule has 0 aromatic heterocycles. The van der Waals surface area contributed by atoms with Crippen LogP contribution >= 0.6 is 0 Å². The van der Waals surface area contributed by atoms with Gasteiger partial charge in [0, 0.05) is 12.1 Å². The van der Waals surface area contributed by atoms with Gasteiger partial charge in [0.05, 0.1) is 39.3 Å². The number of unbranched alkanes of at least 4 members (excludes halogenated alkanes) is 7. The summed E-state index contributed by atoms with van der Waals surface area (Å²) in [5.74, 6) is -2.14. The number of fused-ring (bicyclic) bond motifs is 2. The molecule has 4 aliphatic rings. The zero-order valence-electron chi connectivity index (χ0n) is 37.8. The second-order valence-corrected chi connectivity index (χ2v) is 17.6. The molecule has 346 valence electrons. The maximum Gasteiger partial charge on any atom is 0.307 e. The van der Waals surface area contributed by atoms with Crippen LogP contribution in [0.4, 0.5) is 0 Å². The standard InChI is InChI=1S/C48H72N2O12/c1-7-53-37(51)29-35(39-41(55-31-33-23-17-15-18-24-33)43-45(57-39)61-47(3,4)59-43)49-27-21-13-11-9-10-12-14-22-28-50-36(30-38(52)54-8-2)40-42(56-32-34-25-19-16-20-26-34)44-46(58-40)62-48(5,6)60-44/h15-20,23-26,35-36,39-46,49-50H,7-14,21-22,27-32H2,1-6H3/t35?,36?,39-,40+,41+,42-,43-,44+,45-,46+. The molecule has 4 saturated heterocycles. The molecule has 0 amide bonds. The molecule has 2 N–H and O–H groups in total. The van der Waals surface area contributed by atoms with Crippen molar-refractivity contribution in [3.05, 3.63) is 71.8 Å². The second-order valence-electron chi connectivity index (χ2n) is 17.6. The van der Waals surface area contributed by atoms with Crippen LogP contribution in [0.1, 0.15) is 117 Å². The molecule has 6 rings (SSSR count). The Morgan fingerprint density at radius 1 is 0.565 bits per heavy atom. The van der Waals surface area contributed by atoms with Gasteiger partial charge in [0.1, 0.15) is 36.6 Å². The Bertz CT molecular complexity index is 1510. The molecule has 2 unspecified atom stereocenters. The fraction of sp³-hybridized carbons (Fsp3) is 0.708. The number of rotatable bonds is 27. The predicted molar refractivity (Wildman–Crippen MR) is 230 cm³/mol. The number of benzene rings is 2. The van der Waals surface area contributed by atoms with Crippen molar-refractivity contribution in [1.82, 2.24) is 10.6 Å². The normalized spacial score (nSPS) is 28.0. The van der Waals surface area contributed by atoms with Crippen molar-refractivity contribution in [2.24, 2.45) is 0 Å². The van der Waals surface area contributed by atoms with Crippen LogP contribution in [-0.4, -0.2) is 111 Å². The molecule has 4 aliphatic heterocycles. The first-order chi connectivity index (χ1) is 29.9. The summed E-state index contributed by atoms with van der Waals surface area (Å²) in [6, 6.07) is 19.3. The van der Waals surface area contributed by atoms with Crippen molar-refractivity contribution < 1.29 is 57.0 Å². The Morgan fingerprint density at radius 3 is 1.31 bits per heavy atom. The molecule has 0 aliphatic carbocycles. The van der Waals surface area contributed by atoms with E-state index < -0.39 is 60.8 Å². The third-order valence-corrected chi connectivity index (χ3v) is 11.7. The van der Waals surface area contributed by atoms with E-state index in [2.05, 4.69) is 10.6 Å². The summed E-state index contributed by atoms with van der Waals surface area (Å²) in [5, 5.41) is 7.22. The molecule has 4 heterocycles. The van der Waals surface area contributed by atoms with Crippen LogP contribution in [0.2, 0.25) is 0 Å². The van der Waals surface area contributed by atoms with E-state index in [1.807, 2.05) is 102 Å². The summed E-state index contributed by atoms with van der Waals surface area (Å²) in [7, 11) is 0. The summed E-state index contributed by atoms with van der Waals surface area (Å²) >= 11 is 0. The Hall–Kier alpha value is -3.02. The molecule has 10 atom stereocenters. The van der Waals surface area contributed by atoms with Gasteiger partial charge in [-0.1, -0.05) is 99.2 Å². The van der Waals surface area contributed by atoms with E-state index in [9.17, 15) is 9.59 Å². The van der Waals surface area contributed by atoms with E-state index in [1.54, 1.807) is 0 Å². The number of nitrogens with one attached hydrogen (secondary N) is 2. The van der Waals surface area contributed by atoms with Crippen LogP contribution in [0.15, 0.2) is 60.7 Å². The van der Waals surface area contributed by atoms with Gasteiger partial charge < -0.3 is 58.0 Å². The van der Waals surface area contributed by atoms with Crippen molar-refractivity contribution >= 4 is 11.9 Å². The fourth-order valence-corrected chi connectivity index (χ4v) is 8.86. The highest BCUT2D eigenvalue weighted by Crippen LogP contribution is 2.42. The lowest BCUT2D eigenvalue weighted by atomic mass is 9.99. The highest BCUT2D eigenvalue weighted by atomic mass is 16.9. The Morgan fingerprint density at radius 2 is 0.935 bits per heavy atom. The van der Waals surface area contributed by atoms with Gasteiger partial charge >= 0.3 is 11.9 Å². The number of ether oxygens (including phenoxy) is 10. The van der Waals surface area contributed by atoms with E-state index in [-0.39, 0.29) is 36.9 Å². The van der Waals surface area contributed by atoms with E-state index in [1.165, 1.54) is 0 Å². The largest absolute Gasteiger partial charge is 0.466 e. The summed E-state index contributed by atoms with van der Waals surface area (Å²) in [4.78, 5) is 25.6.